The molecule has 166 valence electrons. The van der Waals surface area contributed by atoms with Crippen LogP contribution in [0, 0.1) is 11.8 Å². The SMILES string of the molecule is O=C(NC12CC3CC(C1)CC(n1ncnn1)(C3)C2)c1cn(CCN2CCNCC2)nn1. The summed E-state index contributed by atoms with van der Waals surface area (Å²) in [4.78, 5) is 17.4. The van der Waals surface area contributed by atoms with E-state index in [1.54, 1.807) is 10.9 Å². The highest BCUT2D eigenvalue weighted by Gasteiger charge is 2.60. The topological polar surface area (TPSA) is 119 Å². The average molecular weight is 427 g/mol. The number of rotatable bonds is 6. The fraction of sp³-hybridized carbons (Fsp3) is 0.800. The van der Waals surface area contributed by atoms with Gasteiger partial charge in [-0.25, -0.2) is 0 Å². The van der Waals surface area contributed by atoms with Gasteiger partial charge in [0, 0.05) is 38.3 Å². The van der Waals surface area contributed by atoms with Gasteiger partial charge in [-0.05, 0) is 55.6 Å². The third kappa shape index (κ3) is 3.53. The summed E-state index contributed by atoms with van der Waals surface area (Å²) in [5.41, 5.74) is 0.0812. The van der Waals surface area contributed by atoms with Gasteiger partial charge in [0.25, 0.3) is 5.91 Å². The van der Waals surface area contributed by atoms with Crippen LogP contribution in [0.1, 0.15) is 49.0 Å². The van der Waals surface area contributed by atoms with E-state index in [1.165, 1.54) is 12.7 Å². The third-order valence-corrected chi connectivity index (χ3v) is 7.81. The number of tetrazole rings is 1. The number of piperazine rings is 1. The fourth-order valence-corrected chi connectivity index (χ4v) is 6.97. The number of carbonyl (C=O) groups excluding carboxylic acids is 1. The van der Waals surface area contributed by atoms with Crippen molar-refractivity contribution in [2.24, 2.45) is 11.8 Å². The monoisotopic (exact) mass is 426 g/mol. The lowest BCUT2D eigenvalue weighted by Crippen LogP contribution is -2.66. The van der Waals surface area contributed by atoms with Crippen molar-refractivity contribution in [3.8, 4) is 0 Å². The highest BCUT2D eigenvalue weighted by Crippen LogP contribution is 2.60. The minimum atomic E-state index is -0.209. The molecule has 1 amide bonds. The zero-order valence-electron chi connectivity index (χ0n) is 17.8. The van der Waals surface area contributed by atoms with Gasteiger partial charge in [-0.3, -0.25) is 14.4 Å². The lowest BCUT2D eigenvalue weighted by atomic mass is 9.50. The average Bonchev–Trinajstić information content (AvgIpc) is 3.44. The predicted octanol–water partition coefficient (Wildman–Crippen LogP) is -0.352. The van der Waals surface area contributed by atoms with E-state index >= 15 is 0 Å². The van der Waals surface area contributed by atoms with Crippen LogP contribution in [0.2, 0.25) is 0 Å². The van der Waals surface area contributed by atoms with E-state index in [9.17, 15) is 4.79 Å². The Kier molecular flexibility index (Phi) is 4.57. The Morgan fingerprint density at radius 2 is 1.94 bits per heavy atom. The minimum Gasteiger partial charge on any atom is -0.345 e. The number of aromatic nitrogens is 7. The molecule has 2 aromatic rings. The standard InChI is InChI=1S/C20H30N10O/c31-18(17-12-29(27-25-17)6-5-28-3-1-21-2-4-28)24-19-8-15-7-16(9-19)11-20(10-15,13-19)30-23-14-22-26-30/h12,14-16,21H,1-11,13H2,(H,24,31). The van der Waals surface area contributed by atoms with E-state index in [1.807, 2.05) is 4.80 Å². The molecule has 2 atom stereocenters. The molecule has 4 bridgehead atoms. The van der Waals surface area contributed by atoms with E-state index in [0.29, 0.717) is 17.5 Å². The zero-order valence-corrected chi connectivity index (χ0v) is 17.8. The van der Waals surface area contributed by atoms with E-state index in [2.05, 4.69) is 41.3 Å². The second-order valence-corrected chi connectivity index (χ2v) is 10.1. The first kappa shape index (κ1) is 19.3. The Bertz CT molecular complexity index is 920. The van der Waals surface area contributed by atoms with E-state index in [-0.39, 0.29) is 17.0 Å². The molecule has 31 heavy (non-hydrogen) atoms. The number of amides is 1. The van der Waals surface area contributed by atoms with E-state index in [0.717, 1.165) is 71.4 Å². The van der Waals surface area contributed by atoms with Crippen molar-refractivity contribution >= 4 is 5.91 Å². The molecular formula is C20H30N10O. The van der Waals surface area contributed by atoms with Crippen LogP contribution in [-0.2, 0) is 12.1 Å². The normalized spacial score (nSPS) is 34.8. The van der Waals surface area contributed by atoms with Gasteiger partial charge in [0.2, 0.25) is 0 Å². The van der Waals surface area contributed by atoms with E-state index in [4.69, 9.17) is 0 Å². The number of nitrogens with zero attached hydrogens (tertiary/aromatic N) is 8. The largest absolute Gasteiger partial charge is 0.345 e. The Balaban J connectivity index is 1.14. The molecule has 7 rings (SSSR count). The Hall–Kier alpha value is -2.40. The quantitative estimate of drug-likeness (QED) is 0.643. The van der Waals surface area contributed by atoms with Crippen LogP contribution in [0.4, 0.5) is 0 Å². The van der Waals surface area contributed by atoms with Crippen molar-refractivity contribution in [1.82, 2.24) is 50.7 Å². The molecule has 3 heterocycles. The molecule has 5 fully saturated rings. The van der Waals surface area contributed by atoms with Gasteiger partial charge in [0.15, 0.2) is 12.0 Å². The first-order valence-corrected chi connectivity index (χ1v) is 11.5. The summed E-state index contributed by atoms with van der Waals surface area (Å²) in [6.45, 7) is 5.83. The van der Waals surface area contributed by atoms with Gasteiger partial charge in [-0.15, -0.1) is 15.3 Å². The fourth-order valence-electron chi connectivity index (χ4n) is 6.97. The number of carbonyl (C=O) groups is 1. The summed E-state index contributed by atoms with van der Waals surface area (Å²) >= 11 is 0. The van der Waals surface area contributed by atoms with E-state index < -0.39 is 0 Å². The summed E-state index contributed by atoms with van der Waals surface area (Å²) in [6, 6.07) is 0. The predicted molar refractivity (Wildman–Crippen MR) is 110 cm³/mol. The Morgan fingerprint density at radius 1 is 1.13 bits per heavy atom. The van der Waals surface area contributed by atoms with Crippen LogP contribution in [-0.4, -0.2) is 84.3 Å². The first-order valence-electron chi connectivity index (χ1n) is 11.5. The summed E-state index contributed by atoms with van der Waals surface area (Å²) < 4.78 is 1.79. The maximum Gasteiger partial charge on any atom is 0.273 e. The minimum absolute atomic E-state index is 0.114. The van der Waals surface area contributed by atoms with Crippen molar-refractivity contribution in [2.75, 3.05) is 32.7 Å². The lowest BCUT2D eigenvalue weighted by molar-refractivity contribution is -0.0811. The molecule has 2 aromatic heterocycles. The number of hydrogen-bond donors (Lipinski definition) is 2. The smallest absolute Gasteiger partial charge is 0.273 e. The van der Waals surface area contributed by atoms with Crippen LogP contribution in [0.15, 0.2) is 12.5 Å². The molecular weight excluding hydrogens is 396 g/mol. The molecule has 2 N–H and O–H groups in total. The molecule has 0 aromatic carbocycles. The molecule has 1 aliphatic heterocycles. The molecule has 11 heteroatoms. The summed E-state index contributed by atoms with van der Waals surface area (Å²) in [5.74, 6) is 1.08. The maximum atomic E-state index is 13.1. The van der Waals surface area contributed by atoms with Gasteiger partial charge < -0.3 is 10.6 Å². The second kappa shape index (κ2) is 7.33. The molecule has 5 aliphatic rings. The second-order valence-electron chi connectivity index (χ2n) is 10.1. The molecule has 0 radical (unpaired) electrons. The van der Waals surface area contributed by atoms with Crippen molar-refractivity contribution in [3.05, 3.63) is 18.2 Å². The van der Waals surface area contributed by atoms with Crippen molar-refractivity contribution in [2.45, 2.75) is 56.1 Å². The van der Waals surface area contributed by atoms with Crippen LogP contribution in [0.25, 0.3) is 0 Å². The van der Waals surface area contributed by atoms with Gasteiger partial charge in [-0.2, -0.15) is 4.80 Å². The molecule has 11 nitrogen and oxygen atoms in total. The van der Waals surface area contributed by atoms with Crippen molar-refractivity contribution in [1.29, 1.82) is 0 Å². The highest BCUT2D eigenvalue weighted by atomic mass is 16.2. The molecule has 0 spiro atoms. The molecule has 4 saturated carbocycles. The van der Waals surface area contributed by atoms with Gasteiger partial charge in [0.05, 0.1) is 18.3 Å². The Morgan fingerprint density at radius 3 is 2.68 bits per heavy atom. The highest BCUT2D eigenvalue weighted by molar-refractivity contribution is 5.92. The first-order chi connectivity index (χ1) is 15.1. The number of nitrogens with one attached hydrogen (secondary N) is 2. The summed E-state index contributed by atoms with van der Waals surface area (Å²) in [5, 5.41) is 27.7. The van der Waals surface area contributed by atoms with Crippen LogP contribution in [0.3, 0.4) is 0 Å². The molecule has 2 unspecified atom stereocenters. The summed E-state index contributed by atoms with van der Waals surface area (Å²) in [7, 11) is 0. The molecule has 1 saturated heterocycles. The Labute approximate surface area is 180 Å². The maximum absolute atomic E-state index is 13.1. The van der Waals surface area contributed by atoms with Gasteiger partial charge in [-0.1, -0.05) is 5.21 Å². The zero-order chi connectivity index (χ0) is 20.9. The van der Waals surface area contributed by atoms with Gasteiger partial charge >= 0.3 is 0 Å². The molecule has 4 aliphatic carbocycles. The lowest BCUT2D eigenvalue weighted by Gasteiger charge is -2.61. The summed E-state index contributed by atoms with van der Waals surface area (Å²) in [6.07, 6.45) is 9.64. The third-order valence-electron chi connectivity index (χ3n) is 7.81. The van der Waals surface area contributed by atoms with Crippen molar-refractivity contribution < 1.29 is 4.79 Å². The van der Waals surface area contributed by atoms with Crippen LogP contribution >= 0.6 is 0 Å². The van der Waals surface area contributed by atoms with Crippen LogP contribution < -0.4 is 10.6 Å². The number of hydrogen-bond acceptors (Lipinski definition) is 8. The van der Waals surface area contributed by atoms with Crippen molar-refractivity contribution in [3.63, 3.8) is 0 Å². The van der Waals surface area contributed by atoms with Crippen LogP contribution in [0.5, 0.6) is 0 Å². The van der Waals surface area contributed by atoms with Gasteiger partial charge in [0.1, 0.15) is 0 Å².